The van der Waals surface area contributed by atoms with Gasteiger partial charge >= 0.3 is 0 Å². The molecule has 0 spiro atoms. The quantitative estimate of drug-likeness (QED) is 0.421. The normalized spacial score (nSPS) is 15.8. The number of hydrogen-bond acceptors (Lipinski definition) is 6. The number of carbonyl (C=O) groups excluding carboxylic acids is 3. The van der Waals surface area contributed by atoms with E-state index in [1.54, 1.807) is 7.11 Å². The van der Waals surface area contributed by atoms with E-state index in [2.05, 4.69) is 15.5 Å². The van der Waals surface area contributed by atoms with Crippen LogP contribution in [0.4, 0.5) is 11.4 Å². The topological polar surface area (TPSA) is 94.2 Å². The maximum absolute atomic E-state index is 13.4. The van der Waals surface area contributed by atoms with E-state index in [0.29, 0.717) is 50.4 Å². The van der Waals surface area contributed by atoms with Crippen molar-refractivity contribution in [3.63, 3.8) is 0 Å². The molecule has 0 radical (unpaired) electrons. The first-order valence-electron chi connectivity index (χ1n) is 15.1. The highest BCUT2D eigenvalue weighted by Crippen LogP contribution is 2.29. The van der Waals surface area contributed by atoms with Gasteiger partial charge in [-0.25, -0.2) is 0 Å². The summed E-state index contributed by atoms with van der Waals surface area (Å²) in [6.45, 7) is 5.64. The Morgan fingerprint density at radius 2 is 1.53 bits per heavy atom. The van der Waals surface area contributed by atoms with Crippen LogP contribution in [0.3, 0.4) is 0 Å². The Morgan fingerprint density at radius 3 is 2.33 bits per heavy atom. The van der Waals surface area contributed by atoms with Gasteiger partial charge in [0.05, 0.1) is 31.3 Å². The van der Waals surface area contributed by atoms with E-state index < -0.39 is 0 Å². The molecule has 2 N–H and O–H groups in total. The van der Waals surface area contributed by atoms with Crippen molar-refractivity contribution in [3.8, 4) is 5.75 Å². The molecule has 0 aromatic heterocycles. The summed E-state index contributed by atoms with van der Waals surface area (Å²) in [5, 5.41) is 6.45. The second-order valence-electron chi connectivity index (χ2n) is 11.1. The van der Waals surface area contributed by atoms with Crippen LogP contribution in [-0.2, 0) is 22.4 Å². The fraction of sp³-hybridized carbons (Fsp3) is 0.382. The van der Waals surface area contributed by atoms with Crippen LogP contribution in [0.5, 0.6) is 5.75 Å². The lowest BCUT2D eigenvalue weighted by atomic mass is 10.1. The van der Waals surface area contributed by atoms with E-state index in [4.69, 9.17) is 4.74 Å². The largest absolute Gasteiger partial charge is 0.497 e. The van der Waals surface area contributed by atoms with E-state index in [0.717, 1.165) is 55.0 Å². The van der Waals surface area contributed by atoms with Gasteiger partial charge in [-0.3, -0.25) is 14.4 Å². The first kappa shape index (κ1) is 30.1. The molecule has 2 fully saturated rings. The van der Waals surface area contributed by atoms with E-state index in [9.17, 15) is 14.4 Å². The van der Waals surface area contributed by atoms with Crippen LogP contribution in [0.1, 0.15) is 34.3 Å². The zero-order valence-electron chi connectivity index (χ0n) is 24.9. The fourth-order valence-corrected chi connectivity index (χ4v) is 5.69. The number of ether oxygens (including phenoxy) is 1. The average Bonchev–Trinajstić information content (AvgIpc) is 3.46. The number of rotatable bonds is 8. The Bertz CT molecular complexity index is 1390. The molecule has 2 heterocycles. The van der Waals surface area contributed by atoms with Crippen LogP contribution in [0, 0.1) is 0 Å². The number of benzene rings is 3. The zero-order chi connectivity index (χ0) is 30.0. The first-order valence-corrected chi connectivity index (χ1v) is 15.1. The smallest absolute Gasteiger partial charge is 0.253 e. The number of nitrogens with one attached hydrogen (secondary N) is 2. The van der Waals surface area contributed by atoms with Gasteiger partial charge < -0.3 is 30.1 Å². The molecule has 2 aliphatic rings. The molecule has 0 bridgehead atoms. The number of amides is 3. The van der Waals surface area contributed by atoms with Crippen LogP contribution in [0.2, 0.25) is 0 Å². The molecule has 3 aromatic carbocycles. The molecule has 0 saturated carbocycles. The van der Waals surface area contributed by atoms with Gasteiger partial charge in [-0.2, -0.15) is 0 Å². The minimum absolute atomic E-state index is 0.0278. The molecule has 3 aromatic rings. The summed E-state index contributed by atoms with van der Waals surface area (Å²) in [4.78, 5) is 45.8. The lowest BCUT2D eigenvalue weighted by molar-refractivity contribution is -0.130. The van der Waals surface area contributed by atoms with Crippen LogP contribution >= 0.6 is 0 Å². The van der Waals surface area contributed by atoms with Gasteiger partial charge in [0.1, 0.15) is 5.75 Å². The second kappa shape index (κ2) is 14.7. The van der Waals surface area contributed by atoms with Crippen molar-refractivity contribution < 1.29 is 19.1 Å². The van der Waals surface area contributed by atoms with Crippen molar-refractivity contribution >= 4 is 29.1 Å². The van der Waals surface area contributed by atoms with Crippen LogP contribution in [-0.4, -0.2) is 87.0 Å². The monoisotopic (exact) mass is 583 g/mol. The third-order valence-electron chi connectivity index (χ3n) is 8.06. The zero-order valence-corrected chi connectivity index (χ0v) is 24.9. The Balaban J connectivity index is 1.31. The Hall–Kier alpha value is -4.37. The van der Waals surface area contributed by atoms with Crippen LogP contribution in [0.25, 0.3) is 0 Å². The Labute approximate surface area is 253 Å². The summed E-state index contributed by atoms with van der Waals surface area (Å²) < 4.78 is 5.23. The van der Waals surface area contributed by atoms with E-state index in [-0.39, 0.29) is 24.1 Å². The Kier molecular flexibility index (Phi) is 10.3. The molecule has 0 unspecified atom stereocenters. The van der Waals surface area contributed by atoms with Crippen molar-refractivity contribution in [2.24, 2.45) is 0 Å². The molecule has 5 rings (SSSR count). The molecule has 9 heteroatoms. The maximum Gasteiger partial charge on any atom is 0.253 e. The van der Waals surface area contributed by atoms with Crippen LogP contribution < -0.4 is 20.3 Å². The van der Waals surface area contributed by atoms with Gasteiger partial charge in [0.25, 0.3) is 5.91 Å². The minimum atomic E-state index is -0.137. The molecule has 0 atom stereocenters. The summed E-state index contributed by atoms with van der Waals surface area (Å²) in [5.41, 5.74) is 3.92. The minimum Gasteiger partial charge on any atom is -0.497 e. The van der Waals surface area contributed by atoms with E-state index >= 15 is 0 Å². The molecule has 0 aliphatic carbocycles. The lowest BCUT2D eigenvalue weighted by Crippen LogP contribution is -2.36. The highest BCUT2D eigenvalue weighted by atomic mass is 16.5. The van der Waals surface area contributed by atoms with Crippen molar-refractivity contribution in [2.75, 3.05) is 69.7 Å². The molecular weight excluding hydrogens is 542 g/mol. The summed E-state index contributed by atoms with van der Waals surface area (Å²) in [6, 6.07) is 22.8. The SMILES string of the molecule is COc1ccc(CC(=O)N2CCCN(c3ccc(C(=O)N4CCCNCC4)cc3NC(=O)Cc3ccccc3)CC2)cc1. The number of nitrogens with zero attached hydrogens (tertiary/aromatic N) is 3. The van der Waals surface area contributed by atoms with Gasteiger partial charge in [0.15, 0.2) is 0 Å². The van der Waals surface area contributed by atoms with E-state index in [1.807, 2.05) is 82.6 Å². The summed E-state index contributed by atoms with van der Waals surface area (Å²) in [7, 11) is 1.63. The standard InChI is InChI=1S/C34H41N5O4/c1-43-29-12-9-27(10-13-29)24-33(41)38-19-6-18-37(21-22-38)31-14-11-28(34(42)39-17-5-15-35-16-20-39)25-30(31)36-32(40)23-26-7-3-2-4-8-26/h2-4,7-14,25,35H,5-6,15-24H2,1H3,(H,36,40). The maximum atomic E-state index is 13.4. The molecule has 226 valence electrons. The summed E-state index contributed by atoms with van der Waals surface area (Å²) in [6.07, 6.45) is 2.29. The summed E-state index contributed by atoms with van der Waals surface area (Å²) in [5.74, 6) is 0.697. The number of carbonyl (C=O) groups is 3. The molecular formula is C34H41N5O4. The molecule has 3 amide bonds. The van der Waals surface area contributed by atoms with Gasteiger partial charge in [0, 0.05) is 51.4 Å². The Morgan fingerprint density at radius 1 is 0.767 bits per heavy atom. The molecule has 2 aliphatic heterocycles. The first-order chi connectivity index (χ1) is 21.0. The predicted molar refractivity (Wildman–Crippen MR) is 169 cm³/mol. The average molecular weight is 584 g/mol. The third-order valence-corrected chi connectivity index (χ3v) is 8.06. The van der Waals surface area contributed by atoms with Gasteiger partial charge in [0.2, 0.25) is 11.8 Å². The molecule has 9 nitrogen and oxygen atoms in total. The number of methoxy groups -OCH3 is 1. The lowest BCUT2D eigenvalue weighted by Gasteiger charge is -2.27. The molecule has 43 heavy (non-hydrogen) atoms. The van der Waals surface area contributed by atoms with Crippen molar-refractivity contribution in [3.05, 3.63) is 89.5 Å². The summed E-state index contributed by atoms with van der Waals surface area (Å²) >= 11 is 0. The number of hydrogen-bond donors (Lipinski definition) is 2. The highest BCUT2D eigenvalue weighted by Gasteiger charge is 2.24. The fourth-order valence-electron chi connectivity index (χ4n) is 5.69. The van der Waals surface area contributed by atoms with E-state index in [1.165, 1.54) is 0 Å². The van der Waals surface area contributed by atoms with Gasteiger partial charge in [-0.15, -0.1) is 0 Å². The van der Waals surface area contributed by atoms with Crippen LogP contribution in [0.15, 0.2) is 72.8 Å². The third kappa shape index (κ3) is 8.14. The van der Waals surface area contributed by atoms with Crippen molar-refractivity contribution in [1.82, 2.24) is 15.1 Å². The predicted octanol–water partition coefficient (Wildman–Crippen LogP) is 3.59. The highest BCUT2D eigenvalue weighted by molar-refractivity contribution is 6.00. The second-order valence-corrected chi connectivity index (χ2v) is 11.1. The van der Waals surface area contributed by atoms with Gasteiger partial charge in [-0.05, 0) is 60.8 Å². The molecule has 2 saturated heterocycles. The van der Waals surface area contributed by atoms with Gasteiger partial charge in [-0.1, -0.05) is 42.5 Å². The number of anilines is 2. The van der Waals surface area contributed by atoms with Crippen molar-refractivity contribution in [1.29, 1.82) is 0 Å². The van der Waals surface area contributed by atoms with Crippen molar-refractivity contribution in [2.45, 2.75) is 25.7 Å².